The number of allylic oxidation sites excluding steroid dienone is 2. The Kier molecular flexibility index (Phi) is 6.92. The zero-order chi connectivity index (χ0) is 10.3. The molecule has 2 heteroatoms. The van der Waals surface area contributed by atoms with Crippen molar-refractivity contribution in [1.82, 2.24) is 5.32 Å². The van der Waals surface area contributed by atoms with Gasteiger partial charge in [-0.05, 0) is 40.5 Å². The van der Waals surface area contributed by atoms with Crippen LogP contribution in [0.15, 0.2) is 11.6 Å². The van der Waals surface area contributed by atoms with Crippen LogP contribution in [0.3, 0.4) is 0 Å². The third-order valence-electron chi connectivity index (χ3n) is 1.91. The molecule has 0 fully saturated rings. The van der Waals surface area contributed by atoms with Crippen LogP contribution in [0.5, 0.6) is 0 Å². The summed E-state index contributed by atoms with van der Waals surface area (Å²) in [6.45, 7) is 8.88. The summed E-state index contributed by atoms with van der Waals surface area (Å²) in [7, 11) is 0. The minimum absolute atomic E-state index is 0.245. The van der Waals surface area contributed by atoms with Crippen LogP contribution in [0.2, 0.25) is 0 Å². The number of hydrogen-bond acceptors (Lipinski definition) is 2. The molecule has 0 radical (unpaired) electrons. The van der Waals surface area contributed by atoms with Gasteiger partial charge in [-0.1, -0.05) is 11.6 Å². The van der Waals surface area contributed by atoms with Gasteiger partial charge in [-0.15, -0.1) is 0 Å². The monoisotopic (exact) mass is 185 g/mol. The van der Waals surface area contributed by atoms with E-state index in [9.17, 15) is 0 Å². The van der Waals surface area contributed by atoms with E-state index >= 15 is 0 Å². The van der Waals surface area contributed by atoms with E-state index < -0.39 is 0 Å². The SMILES string of the molecule is CC(C)=CCCC(C)NCC(C)O. The van der Waals surface area contributed by atoms with E-state index in [2.05, 4.69) is 32.2 Å². The van der Waals surface area contributed by atoms with Crippen molar-refractivity contribution in [2.75, 3.05) is 6.54 Å². The van der Waals surface area contributed by atoms with Crippen LogP contribution in [0.1, 0.15) is 40.5 Å². The Morgan fingerprint density at radius 2 is 2.00 bits per heavy atom. The molecule has 2 nitrogen and oxygen atoms in total. The van der Waals surface area contributed by atoms with E-state index in [0.717, 1.165) is 12.8 Å². The fourth-order valence-corrected chi connectivity index (χ4v) is 1.10. The standard InChI is InChI=1S/C11H23NO/c1-9(2)6-5-7-10(3)12-8-11(4)13/h6,10-13H,5,7-8H2,1-4H3. The van der Waals surface area contributed by atoms with Gasteiger partial charge < -0.3 is 10.4 Å². The van der Waals surface area contributed by atoms with Gasteiger partial charge >= 0.3 is 0 Å². The van der Waals surface area contributed by atoms with E-state index in [-0.39, 0.29) is 6.10 Å². The highest BCUT2D eigenvalue weighted by Gasteiger charge is 2.01. The largest absolute Gasteiger partial charge is 0.392 e. The quantitative estimate of drug-likeness (QED) is 0.621. The number of aliphatic hydroxyl groups excluding tert-OH is 1. The second kappa shape index (κ2) is 7.10. The summed E-state index contributed by atoms with van der Waals surface area (Å²) in [5, 5.41) is 12.3. The van der Waals surface area contributed by atoms with E-state index in [1.54, 1.807) is 6.92 Å². The van der Waals surface area contributed by atoms with Gasteiger partial charge in [-0.2, -0.15) is 0 Å². The second-order valence-electron chi connectivity index (χ2n) is 4.02. The molecule has 0 aromatic heterocycles. The van der Waals surface area contributed by atoms with Crippen LogP contribution in [0.4, 0.5) is 0 Å². The molecule has 0 aliphatic carbocycles. The minimum Gasteiger partial charge on any atom is -0.392 e. The average Bonchev–Trinajstić information content (AvgIpc) is 2.00. The van der Waals surface area contributed by atoms with Crippen molar-refractivity contribution < 1.29 is 5.11 Å². The molecular formula is C11H23NO. The lowest BCUT2D eigenvalue weighted by atomic mass is 10.1. The summed E-state index contributed by atoms with van der Waals surface area (Å²) in [5.74, 6) is 0. The average molecular weight is 185 g/mol. The first kappa shape index (κ1) is 12.7. The molecule has 0 bridgehead atoms. The summed E-state index contributed by atoms with van der Waals surface area (Å²) in [5.41, 5.74) is 1.38. The molecule has 0 aliphatic rings. The van der Waals surface area contributed by atoms with Crippen molar-refractivity contribution in [3.05, 3.63) is 11.6 Å². The Morgan fingerprint density at radius 3 is 2.46 bits per heavy atom. The molecule has 0 heterocycles. The predicted octanol–water partition coefficient (Wildman–Crippen LogP) is 2.09. The third-order valence-corrected chi connectivity index (χ3v) is 1.91. The highest BCUT2D eigenvalue weighted by Crippen LogP contribution is 2.00. The Labute approximate surface area is 82.0 Å². The van der Waals surface area contributed by atoms with Gasteiger partial charge in [0.05, 0.1) is 6.10 Å². The Hall–Kier alpha value is -0.340. The van der Waals surface area contributed by atoms with Crippen LogP contribution in [0, 0.1) is 0 Å². The zero-order valence-electron chi connectivity index (χ0n) is 9.30. The fraction of sp³-hybridized carbons (Fsp3) is 0.818. The maximum absolute atomic E-state index is 9.04. The Balaban J connectivity index is 3.40. The second-order valence-corrected chi connectivity index (χ2v) is 4.02. The highest BCUT2D eigenvalue weighted by atomic mass is 16.3. The first-order valence-electron chi connectivity index (χ1n) is 5.07. The molecule has 13 heavy (non-hydrogen) atoms. The molecular weight excluding hydrogens is 162 g/mol. The smallest absolute Gasteiger partial charge is 0.0636 e. The van der Waals surface area contributed by atoms with Crippen LogP contribution in [-0.2, 0) is 0 Å². The summed E-state index contributed by atoms with van der Waals surface area (Å²) in [6, 6.07) is 0.491. The molecule has 0 rings (SSSR count). The van der Waals surface area contributed by atoms with Gasteiger partial charge in [0.25, 0.3) is 0 Å². The number of hydrogen-bond donors (Lipinski definition) is 2. The summed E-state index contributed by atoms with van der Waals surface area (Å²) >= 11 is 0. The molecule has 0 saturated carbocycles. The third kappa shape index (κ3) is 9.57. The first-order chi connectivity index (χ1) is 6.02. The van der Waals surface area contributed by atoms with E-state index in [1.165, 1.54) is 5.57 Å². The van der Waals surface area contributed by atoms with Gasteiger partial charge in [0.1, 0.15) is 0 Å². The maximum Gasteiger partial charge on any atom is 0.0636 e. The highest BCUT2D eigenvalue weighted by molar-refractivity contribution is 4.93. The lowest BCUT2D eigenvalue weighted by molar-refractivity contribution is 0.186. The first-order valence-corrected chi connectivity index (χ1v) is 5.07. The molecule has 78 valence electrons. The van der Waals surface area contributed by atoms with Crippen LogP contribution >= 0.6 is 0 Å². The topological polar surface area (TPSA) is 32.3 Å². The molecule has 2 N–H and O–H groups in total. The Bertz CT molecular complexity index is 148. The molecule has 2 unspecified atom stereocenters. The van der Waals surface area contributed by atoms with Crippen molar-refractivity contribution in [1.29, 1.82) is 0 Å². The lowest BCUT2D eigenvalue weighted by Crippen LogP contribution is -2.32. The Morgan fingerprint density at radius 1 is 1.38 bits per heavy atom. The fourth-order valence-electron chi connectivity index (χ4n) is 1.10. The van der Waals surface area contributed by atoms with Gasteiger partial charge in [-0.25, -0.2) is 0 Å². The molecule has 0 aromatic carbocycles. The van der Waals surface area contributed by atoms with Crippen molar-refractivity contribution in [2.24, 2.45) is 0 Å². The van der Waals surface area contributed by atoms with Gasteiger partial charge in [-0.3, -0.25) is 0 Å². The lowest BCUT2D eigenvalue weighted by Gasteiger charge is -2.13. The maximum atomic E-state index is 9.04. The number of aliphatic hydroxyl groups is 1. The summed E-state index contributed by atoms with van der Waals surface area (Å²) in [6.07, 6.45) is 4.26. The molecule has 2 atom stereocenters. The van der Waals surface area contributed by atoms with Crippen molar-refractivity contribution in [3.63, 3.8) is 0 Å². The van der Waals surface area contributed by atoms with Gasteiger partial charge in [0.2, 0.25) is 0 Å². The zero-order valence-corrected chi connectivity index (χ0v) is 9.30. The van der Waals surface area contributed by atoms with E-state index in [4.69, 9.17) is 5.11 Å². The van der Waals surface area contributed by atoms with Crippen LogP contribution < -0.4 is 5.32 Å². The summed E-state index contributed by atoms with van der Waals surface area (Å²) < 4.78 is 0. The molecule has 0 aromatic rings. The summed E-state index contributed by atoms with van der Waals surface area (Å²) in [4.78, 5) is 0. The molecule has 0 spiro atoms. The molecule has 0 amide bonds. The van der Waals surface area contributed by atoms with Gasteiger partial charge in [0.15, 0.2) is 0 Å². The van der Waals surface area contributed by atoms with E-state index in [1.807, 2.05) is 0 Å². The number of nitrogens with one attached hydrogen (secondary N) is 1. The van der Waals surface area contributed by atoms with Crippen molar-refractivity contribution in [3.8, 4) is 0 Å². The van der Waals surface area contributed by atoms with Crippen molar-refractivity contribution >= 4 is 0 Å². The van der Waals surface area contributed by atoms with Crippen molar-refractivity contribution in [2.45, 2.75) is 52.7 Å². The predicted molar refractivity (Wildman–Crippen MR) is 57.8 cm³/mol. The van der Waals surface area contributed by atoms with Crippen LogP contribution in [0.25, 0.3) is 0 Å². The van der Waals surface area contributed by atoms with Crippen LogP contribution in [-0.4, -0.2) is 23.8 Å². The normalized spacial score (nSPS) is 15.2. The molecule has 0 aliphatic heterocycles. The number of rotatable bonds is 6. The molecule has 0 saturated heterocycles. The van der Waals surface area contributed by atoms with E-state index in [0.29, 0.717) is 12.6 Å². The van der Waals surface area contributed by atoms with Gasteiger partial charge in [0, 0.05) is 12.6 Å². The minimum atomic E-state index is -0.245.